The van der Waals surface area contributed by atoms with E-state index in [1.54, 1.807) is 60.7 Å². The van der Waals surface area contributed by atoms with Gasteiger partial charge in [0, 0.05) is 18.4 Å². The summed E-state index contributed by atoms with van der Waals surface area (Å²) in [6.07, 6.45) is 0.125. The van der Waals surface area contributed by atoms with Gasteiger partial charge in [-0.05, 0) is 5.56 Å². The molecule has 6 nitrogen and oxygen atoms in total. The molecule has 2 atom stereocenters. The number of nitrogens with one attached hydrogen (secondary N) is 1. The number of hydrogen-bond acceptors (Lipinski definition) is 4. The van der Waals surface area contributed by atoms with Gasteiger partial charge in [-0.25, -0.2) is 0 Å². The van der Waals surface area contributed by atoms with Gasteiger partial charge in [0.1, 0.15) is 0 Å². The molecule has 2 unspecified atom stereocenters. The molecule has 0 aliphatic carbocycles. The van der Waals surface area contributed by atoms with Crippen LogP contribution in [0.25, 0.3) is 0 Å². The standard InChI is InChI=1S/C20H16N2O4/c23-15-11-12-16(24)22(15)17-19(26)21-20(17,14-9-5-2-6-10-14)18(25)13-7-3-1-4-8-13/h1-10,17H,11-12H2,(H,21,26). The Bertz CT molecular complexity index is 894. The number of carbonyl (C=O) groups is 4. The number of likely N-dealkylation sites (tertiary alicyclic amines) is 1. The number of imide groups is 1. The molecule has 2 aromatic rings. The van der Waals surface area contributed by atoms with Gasteiger partial charge in [-0.15, -0.1) is 0 Å². The number of carbonyl (C=O) groups excluding carboxylic acids is 4. The largest absolute Gasteiger partial charge is 0.335 e. The van der Waals surface area contributed by atoms with Gasteiger partial charge in [0.15, 0.2) is 17.4 Å². The van der Waals surface area contributed by atoms with Crippen LogP contribution in [-0.2, 0) is 19.9 Å². The number of hydrogen-bond donors (Lipinski definition) is 1. The lowest BCUT2D eigenvalue weighted by Gasteiger charge is -2.50. The van der Waals surface area contributed by atoms with Crippen LogP contribution in [0, 0.1) is 0 Å². The van der Waals surface area contributed by atoms with Crippen molar-refractivity contribution in [3.05, 3.63) is 71.8 Å². The first-order chi connectivity index (χ1) is 12.6. The maximum absolute atomic E-state index is 13.4. The molecule has 0 saturated carbocycles. The molecule has 6 heteroatoms. The van der Waals surface area contributed by atoms with Gasteiger partial charge < -0.3 is 5.32 Å². The zero-order valence-corrected chi connectivity index (χ0v) is 13.8. The zero-order valence-electron chi connectivity index (χ0n) is 13.8. The Balaban J connectivity index is 1.87. The number of rotatable bonds is 4. The highest BCUT2D eigenvalue weighted by Gasteiger charge is 2.64. The van der Waals surface area contributed by atoms with Crippen LogP contribution in [0.5, 0.6) is 0 Å². The van der Waals surface area contributed by atoms with Gasteiger partial charge in [-0.3, -0.25) is 24.1 Å². The third-order valence-electron chi connectivity index (χ3n) is 4.95. The average molecular weight is 348 g/mol. The minimum atomic E-state index is -1.46. The molecule has 0 aromatic heterocycles. The maximum Gasteiger partial charge on any atom is 0.247 e. The summed E-state index contributed by atoms with van der Waals surface area (Å²) in [5.41, 5.74) is -0.513. The highest BCUT2D eigenvalue weighted by molar-refractivity contribution is 6.17. The highest BCUT2D eigenvalue weighted by Crippen LogP contribution is 2.40. The van der Waals surface area contributed by atoms with Crippen molar-refractivity contribution < 1.29 is 19.2 Å². The van der Waals surface area contributed by atoms with E-state index in [0.717, 1.165) is 4.90 Å². The van der Waals surface area contributed by atoms with E-state index >= 15 is 0 Å². The van der Waals surface area contributed by atoms with E-state index in [4.69, 9.17) is 0 Å². The Morgan fingerprint density at radius 1 is 0.885 bits per heavy atom. The molecule has 26 heavy (non-hydrogen) atoms. The molecule has 2 aliphatic rings. The highest BCUT2D eigenvalue weighted by atomic mass is 16.2. The predicted molar refractivity (Wildman–Crippen MR) is 91.9 cm³/mol. The van der Waals surface area contributed by atoms with Crippen LogP contribution >= 0.6 is 0 Å². The van der Waals surface area contributed by atoms with Gasteiger partial charge >= 0.3 is 0 Å². The summed E-state index contributed by atoms with van der Waals surface area (Å²) in [7, 11) is 0. The van der Waals surface area contributed by atoms with Gasteiger partial charge in [-0.2, -0.15) is 0 Å². The molecular formula is C20H16N2O4. The van der Waals surface area contributed by atoms with Crippen LogP contribution in [0.4, 0.5) is 0 Å². The number of nitrogens with zero attached hydrogens (tertiary/aromatic N) is 1. The van der Waals surface area contributed by atoms with Crippen LogP contribution < -0.4 is 5.32 Å². The van der Waals surface area contributed by atoms with Gasteiger partial charge in [-0.1, -0.05) is 60.7 Å². The van der Waals surface area contributed by atoms with Crippen LogP contribution in [0.1, 0.15) is 28.8 Å². The summed E-state index contributed by atoms with van der Waals surface area (Å²) in [4.78, 5) is 51.3. The quantitative estimate of drug-likeness (QED) is 0.514. The minimum Gasteiger partial charge on any atom is -0.335 e. The van der Waals surface area contributed by atoms with Crippen LogP contribution in [0.15, 0.2) is 60.7 Å². The molecule has 0 spiro atoms. The zero-order chi connectivity index (χ0) is 18.3. The molecular weight excluding hydrogens is 332 g/mol. The maximum atomic E-state index is 13.4. The molecule has 1 N–H and O–H groups in total. The molecule has 2 heterocycles. The summed E-state index contributed by atoms with van der Waals surface area (Å²) in [6.45, 7) is 0. The summed E-state index contributed by atoms with van der Waals surface area (Å²) in [6, 6.07) is 16.1. The lowest BCUT2D eigenvalue weighted by molar-refractivity contribution is -0.157. The van der Waals surface area contributed by atoms with E-state index in [1.165, 1.54) is 0 Å². The van der Waals surface area contributed by atoms with E-state index in [-0.39, 0.29) is 18.6 Å². The lowest BCUT2D eigenvalue weighted by Crippen LogP contribution is -2.79. The Kier molecular flexibility index (Phi) is 3.68. The number of Topliss-reactive ketones (excluding diaryl/α,β-unsaturated/α-hetero) is 1. The van der Waals surface area contributed by atoms with Crippen molar-refractivity contribution in [2.24, 2.45) is 0 Å². The summed E-state index contributed by atoms with van der Waals surface area (Å²) in [5, 5.41) is 2.70. The van der Waals surface area contributed by atoms with Crippen molar-refractivity contribution in [2.45, 2.75) is 24.4 Å². The minimum absolute atomic E-state index is 0.0625. The Hall–Kier alpha value is -3.28. The fraction of sp³-hybridized carbons (Fsp3) is 0.200. The van der Waals surface area contributed by atoms with Gasteiger partial charge in [0.2, 0.25) is 17.7 Å². The third-order valence-corrected chi connectivity index (χ3v) is 4.95. The second-order valence-electron chi connectivity index (χ2n) is 6.42. The van der Waals surface area contributed by atoms with Crippen molar-refractivity contribution in [3.8, 4) is 0 Å². The van der Waals surface area contributed by atoms with E-state index in [1.807, 2.05) is 0 Å². The summed E-state index contributed by atoms with van der Waals surface area (Å²) in [5.74, 6) is -1.69. The number of benzene rings is 2. The molecule has 0 radical (unpaired) electrons. The first-order valence-corrected chi connectivity index (χ1v) is 8.38. The first-order valence-electron chi connectivity index (χ1n) is 8.38. The second kappa shape index (κ2) is 5.91. The Morgan fingerprint density at radius 3 is 1.96 bits per heavy atom. The van der Waals surface area contributed by atoms with E-state index in [0.29, 0.717) is 11.1 Å². The second-order valence-corrected chi connectivity index (χ2v) is 6.42. The molecule has 4 rings (SSSR count). The van der Waals surface area contributed by atoms with Crippen LogP contribution in [-0.4, -0.2) is 34.4 Å². The molecule has 2 aromatic carbocycles. The molecule has 130 valence electrons. The third kappa shape index (κ3) is 2.19. The topological polar surface area (TPSA) is 83.6 Å². The van der Waals surface area contributed by atoms with E-state index in [9.17, 15) is 19.2 Å². The lowest BCUT2D eigenvalue weighted by atomic mass is 9.70. The van der Waals surface area contributed by atoms with Crippen LogP contribution in [0.3, 0.4) is 0 Å². The molecule has 0 bridgehead atoms. The summed E-state index contributed by atoms with van der Waals surface area (Å²) >= 11 is 0. The van der Waals surface area contributed by atoms with Crippen molar-refractivity contribution in [3.63, 3.8) is 0 Å². The van der Waals surface area contributed by atoms with Gasteiger partial charge in [0.25, 0.3) is 0 Å². The van der Waals surface area contributed by atoms with Crippen molar-refractivity contribution in [1.82, 2.24) is 10.2 Å². The Labute approximate surface area is 149 Å². The monoisotopic (exact) mass is 348 g/mol. The smallest absolute Gasteiger partial charge is 0.247 e. The first kappa shape index (κ1) is 16.2. The van der Waals surface area contributed by atoms with Crippen molar-refractivity contribution in [2.75, 3.05) is 0 Å². The normalized spacial score (nSPS) is 25.0. The summed E-state index contributed by atoms with van der Waals surface area (Å²) < 4.78 is 0. The average Bonchev–Trinajstić information content (AvgIpc) is 2.99. The molecule has 2 aliphatic heterocycles. The van der Waals surface area contributed by atoms with Crippen molar-refractivity contribution in [1.29, 1.82) is 0 Å². The Morgan fingerprint density at radius 2 is 1.42 bits per heavy atom. The van der Waals surface area contributed by atoms with Crippen molar-refractivity contribution >= 4 is 23.5 Å². The van der Waals surface area contributed by atoms with Crippen LogP contribution in [0.2, 0.25) is 0 Å². The number of ketones is 1. The van der Waals surface area contributed by atoms with E-state index < -0.39 is 29.3 Å². The number of amides is 3. The fourth-order valence-electron chi connectivity index (χ4n) is 3.70. The molecule has 2 fully saturated rings. The SMILES string of the molecule is O=C1NC(C(=O)c2ccccc2)(c2ccccc2)C1N1C(=O)CCC1=O. The molecule has 2 saturated heterocycles. The fourth-order valence-corrected chi connectivity index (χ4v) is 3.70. The van der Waals surface area contributed by atoms with Gasteiger partial charge in [0.05, 0.1) is 0 Å². The predicted octanol–water partition coefficient (Wildman–Crippen LogP) is 1.41. The molecule has 3 amide bonds. The van der Waals surface area contributed by atoms with E-state index in [2.05, 4.69) is 5.32 Å². The number of β-lactam (4-membered cyclic amide) rings is 1.